The van der Waals surface area contributed by atoms with Crippen molar-refractivity contribution in [3.63, 3.8) is 0 Å². The Morgan fingerprint density at radius 2 is 2.24 bits per heavy atom. The number of halogens is 2. The van der Waals surface area contributed by atoms with Crippen LogP contribution in [0.1, 0.15) is 24.8 Å². The molecular formula is C16H20F2N2O. The molecule has 21 heavy (non-hydrogen) atoms. The van der Waals surface area contributed by atoms with Gasteiger partial charge in [0.25, 0.3) is 0 Å². The average Bonchev–Trinajstić information content (AvgIpc) is 2.81. The fourth-order valence-corrected chi connectivity index (χ4v) is 2.64. The highest BCUT2D eigenvalue weighted by Crippen LogP contribution is 2.24. The Labute approximate surface area is 123 Å². The molecule has 0 spiro atoms. The first-order chi connectivity index (χ1) is 10.1. The number of likely N-dealkylation sites (tertiary alicyclic amines) is 1. The van der Waals surface area contributed by atoms with Gasteiger partial charge < -0.3 is 10.2 Å². The van der Waals surface area contributed by atoms with Crippen molar-refractivity contribution in [2.24, 2.45) is 0 Å². The van der Waals surface area contributed by atoms with E-state index in [0.717, 1.165) is 32.0 Å². The molecule has 0 unspecified atom stereocenters. The number of nitrogens with zero attached hydrogens (tertiary/aromatic N) is 1. The monoisotopic (exact) mass is 294 g/mol. The van der Waals surface area contributed by atoms with Crippen molar-refractivity contribution in [2.45, 2.75) is 31.8 Å². The number of nitrogens with one attached hydrogen (secondary N) is 1. The van der Waals surface area contributed by atoms with Gasteiger partial charge in [-0.2, -0.15) is 0 Å². The highest BCUT2D eigenvalue weighted by molar-refractivity contribution is 5.78. The third-order valence-electron chi connectivity index (χ3n) is 3.77. The quantitative estimate of drug-likeness (QED) is 0.619. The lowest BCUT2D eigenvalue weighted by Crippen LogP contribution is -2.35. The minimum atomic E-state index is -0.872. The van der Waals surface area contributed by atoms with E-state index in [1.54, 1.807) is 11.0 Å². The summed E-state index contributed by atoms with van der Waals surface area (Å²) in [7, 11) is 0. The molecule has 0 bridgehead atoms. The van der Waals surface area contributed by atoms with E-state index in [0.29, 0.717) is 6.42 Å². The van der Waals surface area contributed by atoms with E-state index >= 15 is 0 Å². The van der Waals surface area contributed by atoms with Crippen molar-refractivity contribution in [3.05, 3.63) is 48.1 Å². The molecule has 1 atom stereocenters. The van der Waals surface area contributed by atoms with Crippen LogP contribution in [-0.2, 0) is 11.3 Å². The van der Waals surface area contributed by atoms with Crippen LogP contribution in [0.15, 0.2) is 30.9 Å². The maximum absolute atomic E-state index is 13.7. The maximum Gasteiger partial charge on any atom is 0.223 e. The van der Waals surface area contributed by atoms with Crippen LogP contribution in [0.2, 0.25) is 0 Å². The summed E-state index contributed by atoms with van der Waals surface area (Å²) in [6.45, 7) is 5.25. The van der Waals surface area contributed by atoms with Gasteiger partial charge in [-0.3, -0.25) is 4.79 Å². The molecule has 1 aromatic rings. The number of amides is 1. The highest BCUT2D eigenvalue weighted by atomic mass is 19.2. The van der Waals surface area contributed by atoms with Crippen molar-refractivity contribution in [1.82, 2.24) is 10.2 Å². The lowest BCUT2D eigenvalue weighted by molar-refractivity contribution is -0.129. The zero-order valence-electron chi connectivity index (χ0n) is 11.9. The Balaban J connectivity index is 2.00. The lowest BCUT2D eigenvalue weighted by Gasteiger charge is -2.25. The largest absolute Gasteiger partial charge is 0.335 e. The first kappa shape index (κ1) is 15.6. The summed E-state index contributed by atoms with van der Waals surface area (Å²) in [6, 6.07) is 4.16. The Morgan fingerprint density at radius 3 is 3.00 bits per heavy atom. The summed E-state index contributed by atoms with van der Waals surface area (Å²) in [5.74, 6) is -1.73. The van der Waals surface area contributed by atoms with Crippen LogP contribution in [0.25, 0.3) is 0 Å². The number of hydrogen-bond donors (Lipinski definition) is 1. The summed E-state index contributed by atoms with van der Waals surface area (Å²) in [4.78, 5) is 13.6. The Morgan fingerprint density at radius 1 is 1.43 bits per heavy atom. The van der Waals surface area contributed by atoms with Crippen LogP contribution < -0.4 is 5.32 Å². The molecule has 1 saturated heterocycles. The molecule has 0 aromatic heterocycles. The van der Waals surface area contributed by atoms with Crippen LogP contribution in [0.3, 0.4) is 0 Å². The smallest absolute Gasteiger partial charge is 0.223 e. The highest BCUT2D eigenvalue weighted by Gasteiger charge is 2.31. The molecule has 114 valence electrons. The van der Waals surface area contributed by atoms with Gasteiger partial charge in [0, 0.05) is 31.1 Å². The zero-order chi connectivity index (χ0) is 15.2. The summed E-state index contributed by atoms with van der Waals surface area (Å²) < 4.78 is 27.0. The van der Waals surface area contributed by atoms with E-state index in [4.69, 9.17) is 0 Å². The van der Waals surface area contributed by atoms with E-state index in [1.165, 1.54) is 12.1 Å². The summed E-state index contributed by atoms with van der Waals surface area (Å²) in [5.41, 5.74) is 0.231. The molecule has 3 nitrogen and oxygen atoms in total. The van der Waals surface area contributed by atoms with Gasteiger partial charge in [-0.1, -0.05) is 18.2 Å². The van der Waals surface area contributed by atoms with Gasteiger partial charge in [-0.25, -0.2) is 8.78 Å². The van der Waals surface area contributed by atoms with E-state index in [-0.39, 0.29) is 24.1 Å². The minimum Gasteiger partial charge on any atom is -0.335 e. The van der Waals surface area contributed by atoms with Crippen molar-refractivity contribution in [1.29, 1.82) is 0 Å². The second-order valence-electron chi connectivity index (χ2n) is 5.21. The average molecular weight is 294 g/mol. The molecule has 1 aliphatic heterocycles. The topological polar surface area (TPSA) is 32.3 Å². The third kappa shape index (κ3) is 3.88. The van der Waals surface area contributed by atoms with Crippen LogP contribution in [0.5, 0.6) is 0 Å². The maximum atomic E-state index is 13.7. The molecule has 0 saturated carbocycles. The van der Waals surface area contributed by atoms with Gasteiger partial charge in [-0.05, 0) is 25.5 Å². The summed E-state index contributed by atoms with van der Waals surface area (Å²) in [5, 5.41) is 3.19. The van der Waals surface area contributed by atoms with E-state index in [1.807, 2.05) is 0 Å². The predicted octanol–water partition coefficient (Wildman–Crippen LogP) is 2.62. The molecule has 1 aromatic carbocycles. The van der Waals surface area contributed by atoms with Gasteiger partial charge in [0.1, 0.15) is 0 Å². The van der Waals surface area contributed by atoms with Gasteiger partial charge in [0.15, 0.2) is 11.6 Å². The molecule has 2 rings (SSSR count). The molecule has 0 aliphatic carbocycles. The fourth-order valence-electron chi connectivity index (χ4n) is 2.64. The SMILES string of the molecule is C=CCNCC[C@@H]1CCC(=O)N1Cc1cccc(F)c1F. The molecule has 1 fully saturated rings. The fraction of sp³-hybridized carbons (Fsp3) is 0.438. The number of carbonyl (C=O) groups excluding carboxylic acids is 1. The van der Waals surface area contributed by atoms with E-state index in [2.05, 4.69) is 11.9 Å². The van der Waals surface area contributed by atoms with Crippen LogP contribution in [0.4, 0.5) is 8.78 Å². The third-order valence-corrected chi connectivity index (χ3v) is 3.77. The van der Waals surface area contributed by atoms with Crippen molar-refractivity contribution in [2.75, 3.05) is 13.1 Å². The van der Waals surface area contributed by atoms with Crippen LogP contribution in [-0.4, -0.2) is 29.9 Å². The number of benzene rings is 1. The Bertz CT molecular complexity index is 519. The molecule has 5 heteroatoms. The standard InChI is InChI=1S/C16H20F2N2O/c1-2-9-19-10-8-13-6-7-15(21)20(13)11-12-4-3-5-14(17)16(12)18/h2-5,13,19H,1,6-11H2/t13-/m0/s1. The van der Waals surface area contributed by atoms with Gasteiger partial charge in [0.05, 0.1) is 0 Å². The molecule has 1 heterocycles. The van der Waals surface area contributed by atoms with Crippen LogP contribution in [0, 0.1) is 11.6 Å². The normalized spacial score (nSPS) is 18.3. The molecule has 0 radical (unpaired) electrons. The second-order valence-corrected chi connectivity index (χ2v) is 5.21. The Kier molecular flexibility index (Phi) is 5.44. The van der Waals surface area contributed by atoms with Gasteiger partial charge in [0.2, 0.25) is 5.91 Å². The lowest BCUT2D eigenvalue weighted by atomic mass is 10.1. The molecule has 1 aliphatic rings. The Hall–Kier alpha value is -1.75. The molecular weight excluding hydrogens is 274 g/mol. The van der Waals surface area contributed by atoms with E-state index in [9.17, 15) is 13.6 Å². The van der Waals surface area contributed by atoms with Crippen molar-refractivity contribution < 1.29 is 13.6 Å². The zero-order valence-corrected chi connectivity index (χ0v) is 11.9. The van der Waals surface area contributed by atoms with Crippen LogP contribution >= 0.6 is 0 Å². The first-order valence-electron chi connectivity index (χ1n) is 7.17. The summed E-state index contributed by atoms with van der Waals surface area (Å²) in [6.07, 6.45) is 3.82. The van der Waals surface area contributed by atoms with Crippen molar-refractivity contribution >= 4 is 5.91 Å². The number of carbonyl (C=O) groups is 1. The molecule has 1 amide bonds. The minimum absolute atomic E-state index is 0.00684. The first-order valence-corrected chi connectivity index (χ1v) is 7.17. The molecule has 1 N–H and O–H groups in total. The predicted molar refractivity (Wildman–Crippen MR) is 77.6 cm³/mol. The summed E-state index contributed by atoms with van der Waals surface area (Å²) >= 11 is 0. The second kappa shape index (κ2) is 7.31. The van der Waals surface area contributed by atoms with Gasteiger partial charge in [-0.15, -0.1) is 6.58 Å². The van der Waals surface area contributed by atoms with Gasteiger partial charge >= 0.3 is 0 Å². The number of hydrogen-bond acceptors (Lipinski definition) is 2. The van der Waals surface area contributed by atoms with Crippen molar-refractivity contribution in [3.8, 4) is 0 Å². The number of rotatable bonds is 7. The van der Waals surface area contributed by atoms with E-state index < -0.39 is 11.6 Å².